The zero-order valence-corrected chi connectivity index (χ0v) is 11.4. The molecule has 0 aromatic heterocycles. The highest BCUT2D eigenvalue weighted by atomic mass is 16.7. The second-order valence-electron chi connectivity index (χ2n) is 5.62. The molecule has 3 aliphatic rings. The molecule has 0 saturated carbocycles. The summed E-state index contributed by atoms with van der Waals surface area (Å²) < 4.78 is 10.8. The van der Waals surface area contributed by atoms with E-state index in [1.807, 2.05) is 37.3 Å². The fourth-order valence-electron chi connectivity index (χ4n) is 3.43. The first kappa shape index (κ1) is 13.5. The maximum atomic E-state index is 12.3. The molecule has 2 aliphatic heterocycles. The number of aliphatic hydroxyl groups is 2. The van der Waals surface area contributed by atoms with Gasteiger partial charge in [0, 0.05) is 5.92 Å². The van der Waals surface area contributed by atoms with E-state index in [1.165, 1.54) is 6.92 Å². The third kappa shape index (κ3) is 1.51. The number of aliphatic hydroxyl groups excluding tert-OH is 1. The molecule has 20 heavy (non-hydrogen) atoms. The minimum absolute atomic E-state index is 0.376. The van der Waals surface area contributed by atoms with Crippen molar-refractivity contribution >= 4 is 5.97 Å². The summed E-state index contributed by atoms with van der Waals surface area (Å²) in [7, 11) is 0. The third-order valence-electron chi connectivity index (χ3n) is 4.37. The van der Waals surface area contributed by atoms with E-state index < -0.39 is 35.5 Å². The zero-order valence-electron chi connectivity index (χ0n) is 11.4. The fourth-order valence-corrected chi connectivity index (χ4v) is 3.43. The number of carbonyl (C=O) groups is 1. The maximum absolute atomic E-state index is 12.3. The van der Waals surface area contributed by atoms with Crippen molar-refractivity contribution in [1.29, 1.82) is 0 Å². The van der Waals surface area contributed by atoms with E-state index in [0.29, 0.717) is 0 Å². The smallest absolute Gasteiger partial charge is 0.319 e. The molecule has 2 heterocycles. The van der Waals surface area contributed by atoms with Gasteiger partial charge in [0.15, 0.2) is 5.79 Å². The Kier molecular flexibility index (Phi) is 2.90. The fraction of sp³-hybridized carbons (Fsp3) is 0.533. The molecule has 0 radical (unpaired) electrons. The predicted octanol–water partition coefficient (Wildman–Crippen LogP) is 0.685. The molecule has 0 spiro atoms. The van der Waals surface area contributed by atoms with Crippen LogP contribution in [0.4, 0.5) is 0 Å². The predicted molar refractivity (Wildman–Crippen MR) is 70.4 cm³/mol. The van der Waals surface area contributed by atoms with Crippen molar-refractivity contribution in [3.63, 3.8) is 0 Å². The highest BCUT2D eigenvalue weighted by Crippen LogP contribution is 2.57. The average molecular weight is 278 g/mol. The summed E-state index contributed by atoms with van der Waals surface area (Å²) in [4.78, 5) is 12.3. The topological polar surface area (TPSA) is 76.0 Å². The van der Waals surface area contributed by atoms with E-state index in [1.54, 1.807) is 6.08 Å². The Balaban J connectivity index is 2.07. The van der Waals surface area contributed by atoms with Gasteiger partial charge in [-0.05, 0) is 19.9 Å². The van der Waals surface area contributed by atoms with E-state index in [2.05, 4.69) is 0 Å². The molecular weight excluding hydrogens is 260 g/mol. The molecule has 2 N–H and O–H groups in total. The van der Waals surface area contributed by atoms with Crippen LogP contribution >= 0.6 is 0 Å². The van der Waals surface area contributed by atoms with Crippen LogP contribution in [-0.2, 0) is 14.3 Å². The first-order valence-corrected chi connectivity index (χ1v) is 6.71. The van der Waals surface area contributed by atoms with Crippen molar-refractivity contribution in [3.05, 3.63) is 36.5 Å². The molecule has 6 atom stereocenters. The van der Waals surface area contributed by atoms with Crippen LogP contribution in [0.1, 0.15) is 13.8 Å². The first-order valence-electron chi connectivity index (χ1n) is 6.71. The van der Waals surface area contributed by atoms with Crippen molar-refractivity contribution in [1.82, 2.24) is 0 Å². The molecule has 0 aromatic carbocycles. The number of allylic oxidation sites excluding steroid dienone is 5. The summed E-state index contributed by atoms with van der Waals surface area (Å²) >= 11 is 0. The van der Waals surface area contributed by atoms with E-state index in [0.717, 1.165) is 0 Å². The van der Waals surface area contributed by atoms with Gasteiger partial charge in [-0.25, -0.2) is 0 Å². The zero-order chi connectivity index (χ0) is 14.5. The average Bonchev–Trinajstić information content (AvgIpc) is 2.71. The van der Waals surface area contributed by atoms with E-state index in [9.17, 15) is 15.0 Å². The molecule has 108 valence electrons. The van der Waals surface area contributed by atoms with Crippen molar-refractivity contribution < 1.29 is 24.5 Å². The largest absolute Gasteiger partial charge is 0.455 e. The summed E-state index contributed by atoms with van der Waals surface area (Å²) in [6.45, 7) is 3.26. The Morgan fingerprint density at radius 2 is 2.10 bits per heavy atom. The third-order valence-corrected chi connectivity index (χ3v) is 4.37. The standard InChI is InChI=1S/C15H18O5/c1-3-4-5-6-9-7-8-10-11-15(9,13(17)19-10)12(16)14(2,18)20-11/h3-12,16,18H,1-2H3/b4-3+,6-5+/t9-,10+,11+,12+,14-,15-/m1/s1. The van der Waals surface area contributed by atoms with Gasteiger partial charge in [-0.1, -0.05) is 30.4 Å². The molecule has 5 nitrogen and oxygen atoms in total. The first-order chi connectivity index (χ1) is 9.44. The SMILES string of the molecule is C/C=C/C=C/[C@@H]1C=C[C@@H]2OC(=O)[C@]13[C@@H](O)[C@](C)(O)O[C@@H]23. The van der Waals surface area contributed by atoms with Crippen LogP contribution in [0.25, 0.3) is 0 Å². The van der Waals surface area contributed by atoms with Crippen LogP contribution in [0.2, 0.25) is 0 Å². The van der Waals surface area contributed by atoms with Gasteiger partial charge in [-0.3, -0.25) is 4.79 Å². The van der Waals surface area contributed by atoms with Gasteiger partial charge in [-0.15, -0.1) is 0 Å². The van der Waals surface area contributed by atoms with Gasteiger partial charge >= 0.3 is 5.97 Å². The van der Waals surface area contributed by atoms with Gasteiger partial charge in [0.05, 0.1) is 0 Å². The monoisotopic (exact) mass is 278 g/mol. The number of ether oxygens (including phenoxy) is 2. The lowest BCUT2D eigenvalue weighted by atomic mass is 9.65. The summed E-state index contributed by atoms with van der Waals surface area (Å²) in [6.07, 6.45) is 8.39. The minimum atomic E-state index is -1.75. The van der Waals surface area contributed by atoms with E-state index in [4.69, 9.17) is 9.47 Å². The van der Waals surface area contributed by atoms with Crippen molar-refractivity contribution in [2.45, 2.75) is 37.9 Å². The van der Waals surface area contributed by atoms with Gasteiger partial charge in [-0.2, -0.15) is 0 Å². The molecule has 1 aliphatic carbocycles. The summed E-state index contributed by atoms with van der Waals surface area (Å²) in [5.41, 5.74) is -1.26. The van der Waals surface area contributed by atoms with Crippen LogP contribution in [0.3, 0.4) is 0 Å². The molecule has 5 heteroatoms. The highest BCUT2D eigenvalue weighted by Gasteiger charge is 2.75. The van der Waals surface area contributed by atoms with Crippen molar-refractivity contribution in [3.8, 4) is 0 Å². The highest BCUT2D eigenvalue weighted by molar-refractivity contribution is 5.84. The Morgan fingerprint density at radius 3 is 2.80 bits per heavy atom. The van der Waals surface area contributed by atoms with Gasteiger partial charge in [0.1, 0.15) is 23.7 Å². The number of carbonyl (C=O) groups excluding carboxylic acids is 1. The lowest BCUT2D eigenvalue weighted by molar-refractivity contribution is -0.226. The lowest BCUT2D eigenvalue weighted by Crippen LogP contribution is -2.52. The van der Waals surface area contributed by atoms with Gasteiger partial charge in [0.2, 0.25) is 0 Å². The molecule has 3 rings (SSSR count). The maximum Gasteiger partial charge on any atom is 0.319 e. The molecule has 2 saturated heterocycles. The number of hydrogen-bond donors (Lipinski definition) is 2. The number of esters is 1. The summed E-state index contributed by atoms with van der Waals surface area (Å²) in [5.74, 6) is -2.64. The van der Waals surface area contributed by atoms with Crippen LogP contribution in [-0.4, -0.2) is 40.3 Å². The van der Waals surface area contributed by atoms with Gasteiger partial charge < -0.3 is 19.7 Å². The molecule has 2 bridgehead atoms. The Labute approximate surface area is 117 Å². The van der Waals surface area contributed by atoms with Crippen LogP contribution in [0.5, 0.6) is 0 Å². The summed E-state index contributed by atoms with van der Waals surface area (Å²) in [6, 6.07) is 0. The van der Waals surface area contributed by atoms with E-state index >= 15 is 0 Å². The minimum Gasteiger partial charge on any atom is -0.455 e. The second kappa shape index (κ2) is 4.28. The van der Waals surface area contributed by atoms with Crippen LogP contribution in [0.15, 0.2) is 36.5 Å². The van der Waals surface area contributed by atoms with Crippen LogP contribution < -0.4 is 0 Å². The summed E-state index contributed by atoms with van der Waals surface area (Å²) in [5, 5.41) is 20.6. The van der Waals surface area contributed by atoms with Crippen molar-refractivity contribution in [2.24, 2.45) is 11.3 Å². The molecule has 2 fully saturated rings. The normalized spacial score (nSPS) is 50.1. The molecular formula is C15H18O5. The van der Waals surface area contributed by atoms with Crippen molar-refractivity contribution in [2.75, 3.05) is 0 Å². The Bertz CT molecular complexity index is 518. The quantitative estimate of drug-likeness (QED) is 0.441. The molecule has 0 amide bonds. The van der Waals surface area contributed by atoms with Crippen LogP contribution in [0, 0.1) is 11.3 Å². The number of rotatable bonds is 2. The van der Waals surface area contributed by atoms with E-state index in [-0.39, 0.29) is 5.92 Å². The second-order valence-corrected chi connectivity index (χ2v) is 5.62. The molecule has 0 aromatic rings. The Morgan fingerprint density at radius 1 is 1.35 bits per heavy atom. The Hall–Kier alpha value is -1.43. The molecule has 0 unspecified atom stereocenters. The lowest BCUT2D eigenvalue weighted by Gasteiger charge is -2.34. The number of hydrogen-bond acceptors (Lipinski definition) is 5. The van der Waals surface area contributed by atoms with Gasteiger partial charge in [0.25, 0.3) is 0 Å².